The molecule has 0 bridgehead atoms. The third kappa shape index (κ3) is 2.27. The van der Waals surface area contributed by atoms with Gasteiger partial charge in [-0.25, -0.2) is 0 Å². The van der Waals surface area contributed by atoms with E-state index in [0.717, 1.165) is 19.3 Å². The summed E-state index contributed by atoms with van der Waals surface area (Å²) >= 11 is 0. The molecule has 3 aliphatic heterocycles. The molecule has 3 heterocycles. The van der Waals surface area contributed by atoms with Crippen molar-refractivity contribution in [3.63, 3.8) is 0 Å². The number of likely N-dealkylation sites (tertiary alicyclic amines) is 1. The molecule has 3 aliphatic rings. The van der Waals surface area contributed by atoms with E-state index in [1.807, 2.05) is 0 Å². The molecule has 1 unspecified atom stereocenters. The van der Waals surface area contributed by atoms with Crippen LogP contribution >= 0.6 is 0 Å². The molecule has 1 N–H and O–H groups in total. The molecule has 0 aromatic carbocycles. The summed E-state index contributed by atoms with van der Waals surface area (Å²) in [5.74, 6) is 0. The van der Waals surface area contributed by atoms with Crippen molar-refractivity contribution in [2.75, 3.05) is 39.4 Å². The van der Waals surface area contributed by atoms with E-state index in [4.69, 9.17) is 4.74 Å². The molecule has 0 radical (unpaired) electrons. The van der Waals surface area contributed by atoms with Crippen molar-refractivity contribution in [1.29, 1.82) is 0 Å². The van der Waals surface area contributed by atoms with Gasteiger partial charge in [-0.3, -0.25) is 0 Å². The molecule has 3 rings (SSSR count). The molecule has 1 atom stereocenters. The van der Waals surface area contributed by atoms with Crippen molar-refractivity contribution >= 4 is 0 Å². The standard InChI is InChI=1S/C13H24N2O/c1-2-12(14-6-1)3-7-15-10-13(11-15)4-8-16-9-5-13/h12,14H,1-11H2. The average molecular weight is 224 g/mol. The molecular formula is C13H24N2O. The highest BCUT2D eigenvalue weighted by Crippen LogP contribution is 2.39. The molecule has 3 fully saturated rings. The highest BCUT2D eigenvalue weighted by atomic mass is 16.5. The van der Waals surface area contributed by atoms with E-state index in [9.17, 15) is 0 Å². The van der Waals surface area contributed by atoms with Crippen LogP contribution in [-0.2, 0) is 4.74 Å². The van der Waals surface area contributed by atoms with Gasteiger partial charge < -0.3 is 15.0 Å². The minimum atomic E-state index is 0.654. The summed E-state index contributed by atoms with van der Waals surface area (Å²) in [6.07, 6.45) is 6.72. The van der Waals surface area contributed by atoms with Gasteiger partial charge in [0.05, 0.1) is 0 Å². The van der Waals surface area contributed by atoms with Crippen molar-refractivity contribution in [2.24, 2.45) is 5.41 Å². The Balaban J connectivity index is 1.36. The summed E-state index contributed by atoms with van der Waals surface area (Å²) < 4.78 is 5.45. The number of nitrogens with zero attached hydrogens (tertiary/aromatic N) is 1. The molecule has 92 valence electrons. The molecule has 0 saturated carbocycles. The quantitative estimate of drug-likeness (QED) is 0.780. The molecule has 3 saturated heterocycles. The number of nitrogens with one attached hydrogen (secondary N) is 1. The van der Waals surface area contributed by atoms with E-state index >= 15 is 0 Å². The van der Waals surface area contributed by atoms with Crippen LogP contribution in [0.25, 0.3) is 0 Å². The minimum absolute atomic E-state index is 0.654. The lowest BCUT2D eigenvalue weighted by Gasteiger charge is -2.52. The van der Waals surface area contributed by atoms with Crippen LogP contribution in [0.5, 0.6) is 0 Å². The number of ether oxygens (including phenoxy) is 1. The Labute approximate surface area is 98.5 Å². The van der Waals surface area contributed by atoms with Gasteiger partial charge >= 0.3 is 0 Å². The SMILES string of the molecule is C1CNC(CCN2CC3(CCOCC3)C2)C1. The van der Waals surface area contributed by atoms with Gasteiger partial charge in [0.1, 0.15) is 0 Å². The van der Waals surface area contributed by atoms with E-state index in [-0.39, 0.29) is 0 Å². The number of rotatable bonds is 3. The topological polar surface area (TPSA) is 24.5 Å². The zero-order chi connectivity index (χ0) is 10.8. The van der Waals surface area contributed by atoms with Gasteiger partial charge in [-0.15, -0.1) is 0 Å². The summed E-state index contributed by atoms with van der Waals surface area (Å²) in [5, 5.41) is 3.58. The van der Waals surface area contributed by atoms with E-state index < -0.39 is 0 Å². The second kappa shape index (κ2) is 4.63. The molecule has 3 heteroatoms. The highest BCUT2D eigenvalue weighted by Gasteiger charge is 2.43. The maximum Gasteiger partial charge on any atom is 0.0472 e. The van der Waals surface area contributed by atoms with Crippen LogP contribution in [0.2, 0.25) is 0 Å². The summed E-state index contributed by atoms with van der Waals surface area (Å²) in [6, 6.07) is 0.811. The van der Waals surface area contributed by atoms with Crippen molar-refractivity contribution in [1.82, 2.24) is 10.2 Å². The van der Waals surface area contributed by atoms with Crippen molar-refractivity contribution in [3.8, 4) is 0 Å². The fourth-order valence-electron chi connectivity index (χ4n) is 3.52. The first-order valence-corrected chi connectivity index (χ1v) is 6.90. The van der Waals surface area contributed by atoms with Crippen LogP contribution in [0.4, 0.5) is 0 Å². The Hall–Kier alpha value is -0.120. The largest absolute Gasteiger partial charge is 0.381 e. The lowest BCUT2D eigenvalue weighted by atomic mass is 9.73. The van der Waals surface area contributed by atoms with Gasteiger partial charge in [-0.2, -0.15) is 0 Å². The van der Waals surface area contributed by atoms with E-state index in [1.165, 1.54) is 58.3 Å². The first-order valence-electron chi connectivity index (χ1n) is 6.90. The average Bonchev–Trinajstić information content (AvgIpc) is 2.77. The van der Waals surface area contributed by atoms with Crippen LogP contribution in [0, 0.1) is 5.41 Å². The van der Waals surface area contributed by atoms with Crippen LogP contribution < -0.4 is 5.32 Å². The second-order valence-electron chi connectivity index (χ2n) is 5.90. The predicted octanol–water partition coefficient (Wildman–Crippen LogP) is 1.24. The lowest BCUT2D eigenvalue weighted by Crippen LogP contribution is -2.58. The molecular weight excluding hydrogens is 200 g/mol. The first kappa shape index (κ1) is 11.0. The molecule has 0 aliphatic carbocycles. The summed E-state index contributed by atoms with van der Waals surface area (Å²) in [6.45, 7) is 7.22. The van der Waals surface area contributed by atoms with Gasteiger partial charge in [-0.1, -0.05) is 0 Å². The minimum Gasteiger partial charge on any atom is -0.381 e. The second-order valence-corrected chi connectivity index (χ2v) is 5.90. The Morgan fingerprint density at radius 3 is 2.75 bits per heavy atom. The van der Waals surface area contributed by atoms with Gasteiger partial charge in [0, 0.05) is 37.8 Å². The molecule has 3 nitrogen and oxygen atoms in total. The first-order chi connectivity index (χ1) is 7.86. The van der Waals surface area contributed by atoms with E-state index in [2.05, 4.69) is 10.2 Å². The molecule has 0 aromatic heterocycles. The predicted molar refractivity (Wildman–Crippen MR) is 64.6 cm³/mol. The van der Waals surface area contributed by atoms with Gasteiger partial charge in [0.2, 0.25) is 0 Å². The third-order valence-corrected chi connectivity index (χ3v) is 4.63. The van der Waals surface area contributed by atoms with Crippen LogP contribution in [0.15, 0.2) is 0 Å². The van der Waals surface area contributed by atoms with E-state index in [1.54, 1.807) is 0 Å². The number of hydrogen-bond acceptors (Lipinski definition) is 3. The third-order valence-electron chi connectivity index (χ3n) is 4.63. The van der Waals surface area contributed by atoms with Crippen LogP contribution in [0.1, 0.15) is 32.1 Å². The van der Waals surface area contributed by atoms with Crippen molar-refractivity contribution in [2.45, 2.75) is 38.1 Å². The van der Waals surface area contributed by atoms with Gasteiger partial charge in [-0.05, 0) is 45.2 Å². The summed E-state index contributed by atoms with van der Waals surface area (Å²) in [5.41, 5.74) is 0.654. The Bertz CT molecular complexity index is 224. The van der Waals surface area contributed by atoms with Crippen LogP contribution in [0.3, 0.4) is 0 Å². The van der Waals surface area contributed by atoms with Gasteiger partial charge in [0.15, 0.2) is 0 Å². The molecule has 1 spiro atoms. The highest BCUT2D eigenvalue weighted by molar-refractivity contribution is 4.96. The van der Waals surface area contributed by atoms with Crippen LogP contribution in [-0.4, -0.2) is 50.3 Å². The Kier molecular flexibility index (Phi) is 3.18. The monoisotopic (exact) mass is 224 g/mol. The zero-order valence-corrected chi connectivity index (χ0v) is 10.2. The lowest BCUT2D eigenvalue weighted by molar-refractivity contribution is -0.0810. The number of hydrogen-bond donors (Lipinski definition) is 1. The Morgan fingerprint density at radius 1 is 1.25 bits per heavy atom. The summed E-state index contributed by atoms with van der Waals surface area (Å²) in [4.78, 5) is 2.64. The van der Waals surface area contributed by atoms with Crippen molar-refractivity contribution in [3.05, 3.63) is 0 Å². The smallest absolute Gasteiger partial charge is 0.0472 e. The maximum absolute atomic E-state index is 5.45. The Morgan fingerprint density at radius 2 is 2.06 bits per heavy atom. The fraction of sp³-hybridized carbons (Fsp3) is 1.00. The normalized spacial score (nSPS) is 34.1. The zero-order valence-electron chi connectivity index (χ0n) is 10.2. The molecule has 0 amide bonds. The summed E-state index contributed by atoms with van der Waals surface area (Å²) in [7, 11) is 0. The fourth-order valence-corrected chi connectivity index (χ4v) is 3.52. The maximum atomic E-state index is 5.45. The van der Waals surface area contributed by atoms with Crippen molar-refractivity contribution < 1.29 is 4.74 Å². The van der Waals surface area contributed by atoms with E-state index in [0.29, 0.717) is 5.41 Å². The molecule has 16 heavy (non-hydrogen) atoms. The van der Waals surface area contributed by atoms with Gasteiger partial charge in [0.25, 0.3) is 0 Å². The molecule has 0 aromatic rings.